The van der Waals surface area contributed by atoms with Gasteiger partial charge in [-0.2, -0.15) is 0 Å². The Labute approximate surface area is 114 Å². The van der Waals surface area contributed by atoms with E-state index in [1.807, 2.05) is 13.8 Å². The summed E-state index contributed by atoms with van der Waals surface area (Å²) in [5, 5.41) is 0. The third kappa shape index (κ3) is 8.31. The lowest BCUT2D eigenvalue weighted by Gasteiger charge is -2.27. The standard InChI is InChI=1S/C13H23NO5/c1-9(2)13(17)6-14(5)12(7-18-10(3)15)8-19-11(4)16/h9,12H,6-8H2,1-5H3. The van der Waals surface area contributed by atoms with Crippen LogP contribution in [0, 0.1) is 5.92 Å². The van der Waals surface area contributed by atoms with Gasteiger partial charge in [0, 0.05) is 19.8 Å². The number of carbonyl (C=O) groups excluding carboxylic acids is 3. The summed E-state index contributed by atoms with van der Waals surface area (Å²) in [5.74, 6) is -0.795. The lowest BCUT2D eigenvalue weighted by molar-refractivity contribution is -0.147. The van der Waals surface area contributed by atoms with Crippen LogP contribution < -0.4 is 0 Å². The van der Waals surface area contributed by atoms with E-state index in [4.69, 9.17) is 9.47 Å². The Morgan fingerprint density at radius 2 is 1.42 bits per heavy atom. The largest absolute Gasteiger partial charge is 0.464 e. The highest BCUT2D eigenvalue weighted by atomic mass is 16.5. The van der Waals surface area contributed by atoms with Crippen molar-refractivity contribution in [3.63, 3.8) is 0 Å². The molecule has 0 unspecified atom stereocenters. The van der Waals surface area contributed by atoms with E-state index in [1.165, 1.54) is 13.8 Å². The molecule has 0 atom stereocenters. The molecule has 0 aromatic carbocycles. The van der Waals surface area contributed by atoms with Crippen LogP contribution in [-0.2, 0) is 23.9 Å². The summed E-state index contributed by atoms with van der Waals surface area (Å²) in [6.07, 6.45) is 0. The molecule has 0 fully saturated rings. The highest BCUT2D eigenvalue weighted by Crippen LogP contribution is 2.03. The Hall–Kier alpha value is -1.43. The van der Waals surface area contributed by atoms with E-state index in [9.17, 15) is 14.4 Å². The van der Waals surface area contributed by atoms with Crippen LogP contribution in [0.1, 0.15) is 27.7 Å². The molecule has 19 heavy (non-hydrogen) atoms. The average molecular weight is 273 g/mol. The van der Waals surface area contributed by atoms with Crippen LogP contribution in [0.15, 0.2) is 0 Å². The molecule has 0 amide bonds. The fourth-order valence-electron chi connectivity index (χ4n) is 1.29. The summed E-state index contributed by atoms with van der Waals surface area (Å²) in [5.41, 5.74) is 0. The third-order valence-electron chi connectivity index (χ3n) is 2.63. The van der Waals surface area contributed by atoms with Crippen LogP contribution in [0.3, 0.4) is 0 Å². The average Bonchev–Trinajstić information content (AvgIpc) is 2.27. The monoisotopic (exact) mass is 273 g/mol. The van der Waals surface area contributed by atoms with E-state index in [0.717, 1.165) is 0 Å². The summed E-state index contributed by atoms with van der Waals surface area (Å²) in [7, 11) is 1.73. The van der Waals surface area contributed by atoms with Gasteiger partial charge in [0.15, 0.2) is 0 Å². The van der Waals surface area contributed by atoms with Crippen molar-refractivity contribution in [2.45, 2.75) is 33.7 Å². The quantitative estimate of drug-likeness (QED) is 0.604. The third-order valence-corrected chi connectivity index (χ3v) is 2.63. The molecule has 0 spiro atoms. The van der Waals surface area contributed by atoms with Gasteiger partial charge in [0.05, 0.1) is 12.6 Å². The molecule has 0 saturated carbocycles. The number of nitrogens with zero attached hydrogens (tertiary/aromatic N) is 1. The van der Waals surface area contributed by atoms with Gasteiger partial charge in [0.1, 0.15) is 19.0 Å². The van der Waals surface area contributed by atoms with Crippen molar-refractivity contribution < 1.29 is 23.9 Å². The molecular formula is C13H23NO5. The zero-order valence-corrected chi connectivity index (χ0v) is 12.3. The molecule has 0 N–H and O–H groups in total. The second-order valence-corrected chi connectivity index (χ2v) is 4.80. The van der Waals surface area contributed by atoms with Crippen LogP contribution in [0.5, 0.6) is 0 Å². The SMILES string of the molecule is CC(=O)OCC(COC(C)=O)N(C)CC(=O)C(C)C. The summed E-state index contributed by atoms with van der Waals surface area (Å²) in [4.78, 5) is 35.1. The Morgan fingerprint density at radius 3 is 1.74 bits per heavy atom. The van der Waals surface area contributed by atoms with Crippen LogP contribution in [-0.4, -0.2) is 55.5 Å². The Kier molecular flexibility index (Phi) is 7.98. The number of likely N-dealkylation sites (N-methyl/N-ethyl adjacent to an activating group) is 1. The van der Waals surface area contributed by atoms with Gasteiger partial charge in [0.2, 0.25) is 0 Å². The number of Topliss-reactive ketones (excluding diaryl/α,β-unsaturated/α-hetero) is 1. The molecule has 0 aliphatic heterocycles. The Morgan fingerprint density at radius 1 is 1.00 bits per heavy atom. The van der Waals surface area contributed by atoms with Crippen molar-refractivity contribution in [2.24, 2.45) is 5.92 Å². The van der Waals surface area contributed by atoms with Gasteiger partial charge in [-0.15, -0.1) is 0 Å². The maximum Gasteiger partial charge on any atom is 0.302 e. The van der Waals surface area contributed by atoms with E-state index < -0.39 is 11.9 Å². The van der Waals surface area contributed by atoms with E-state index >= 15 is 0 Å². The molecule has 0 radical (unpaired) electrons. The second kappa shape index (κ2) is 8.63. The van der Waals surface area contributed by atoms with Crippen molar-refractivity contribution in [2.75, 3.05) is 26.8 Å². The number of rotatable bonds is 8. The first-order chi connectivity index (χ1) is 8.73. The second-order valence-electron chi connectivity index (χ2n) is 4.80. The van der Waals surface area contributed by atoms with E-state index in [2.05, 4.69) is 0 Å². The first kappa shape index (κ1) is 17.6. The molecule has 0 aliphatic carbocycles. The Balaban J connectivity index is 4.47. The zero-order chi connectivity index (χ0) is 15.0. The van der Waals surface area contributed by atoms with E-state index in [-0.39, 0.29) is 37.5 Å². The molecule has 6 heteroatoms. The maximum atomic E-state index is 11.7. The van der Waals surface area contributed by atoms with Crippen LogP contribution >= 0.6 is 0 Å². The molecule has 0 aromatic heterocycles. The van der Waals surface area contributed by atoms with Gasteiger partial charge in [0.25, 0.3) is 0 Å². The number of esters is 2. The first-order valence-corrected chi connectivity index (χ1v) is 6.23. The van der Waals surface area contributed by atoms with Gasteiger partial charge in [-0.05, 0) is 7.05 Å². The molecule has 0 aromatic rings. The molecule has 0 rings (SSSR count). The van der Waals surface area contributed by atoms with Gasteiger partial charge in [-0.1, -0.05) is 13.8 Å². The molecule has 0 aliphatic rings. The van der Waals surface area contributed by atoms with Gasteiger partial charge < -0.3 is 9.47 Å². The van der Waals surface area contributed by atoms with E-state index in [1.54, 1.807) is 11.9 Å². The smallest absolute Gasteiger partial charge is 0.302 e. The first-order valence-electron chi connectivity index (χ1n) is 6.23. The summed E-state index contributed by atoms with van der Waals surface area (Å²) < 4.78 is 9.83. The lowest BCUT2D eigenvalue weighted by atomic mass is 10.1. The topological polar surface area (TPSA) is 72.9 Å². The van der Waals surface area contributed by atoms with Crippen molar-refractivity contribution >= 4 is 17.7 Å². The molecular weight excluding hydrogens is 250 g/mol. The van der Waals surface area contributed by atoms with Crippen LogP contribution in [0.25, 0.3) is 0 Å². The van der Waals surface area contributed by atoms with E-state index in [0.29, 0.717) is 0 Å². The van der Waals surface area contributed by atoms with Crippen LogP contribution in [0.4, 0.5) is 0 Å². The molecule has 110 valence electrons. The predicted octanol–water partition coefficient (Wildman–Crippen LogP) is 0.638. The van der Waals surface area contributed by atoms with Crippen molar-refractivity contribution in [3.8, 4) is 0 Å². The van der Waals surface area contributed by atoms with Crippen molar-refractivity contribution in [1.82, 2.24) is 4.90 Å². The number of ether oxygens (including phenoxy) is 2. The maximum absolute atomic E-state index is 11.7. The molecule has 0 saturated heterocycles. The number of ketones is 1. The number of hydrogen-bond acceptors (Lipinski definition) is 6. The minimum absolute atomic E-state index is 0.0643. The minimum atomic E-state index is -0.406. The van der Waals surface area contributed by atoms with Crippen LogP contribution in [0.2, 0.25) is 0 Å². The highest BCUT2D eigenvalue weighted by Gasteiger charge is 2.21. The fraction of sp³-hybridized carbons (Fsp3) is 0.769. The number of hydrogen-bond donors (Lipinski definition) is 0. The predicted molar refractivity (Wildman–Crippen MR) is 69.5 cm³/mol. The van der Waals surface area contributed by atoms with Gasteiger partial charge >= 0.3 is 11.9 Å². The van der Waals surface area contributed by atoms with Crippen molar-refractivity contribution in [1.29, 1.82) is 0 Å². The molecule has 0 heterocycles. The summed E-state index contributed by atoms with van der Waals surface area (Å²) >= 11 is 0. The fourth-order valence-corrected chi connectivity index (χ4v) is 1.29. The zero-order valence-electron chi connectivity index (χ0n) is 12.3. The summed E-state index contributed by atoms with van der Waals surface area (Å²) in [6, 6.07) is -0.324. The Bertz CT molecular complexity index is 309. The summed E-state index contributed by atoms with van der Waals surface area (Å²) in [6.45, 7) is 6.66. The van der Waals surface area contributed by atoms with Crippen molar-refractivity contribution in [3.05, 3.63) is 0 Å². The number of carbonyl (C=O) groups is 3. The minimum Gasteiger partial charge on any atom is -0.464 e. The lowest BCUT2D eigenvalue weighted by Crippen LogP contribution is -2.43. The van der Waals surface area contributed by atoms with Gasteiger partial charge in [-0.3, -0.25) is 19.3 Å². The highest BCUT2D eigenvalue weighted by molar-refractivity contribution is 5.82. The van der Waals surface area contributed by atoms with Gasteiger partial charge in [-0.25, -0.2) is 0 Å². The normalized spacial score (nSPS) is 10.9. The molecule has 6 nitrogen and oxygen atoms in total. The molecule has 0 bridgehead atoms.